The maximum Gasteiger partial charge on any atom is 0.330 e. The van der Waals surface area contributed by atoms with Crippen molar-refractivity contribution in [1.82, 2.24) is 25.5 Å². The van der Waals surface area contributed by atoms with E-state index >= 15 is 9.59 Å². The molecule has 21 heteroatoms. The number of nitrogens with one attached hydrogen (secondary N) is 4. The summed E-state index contributed by atoms with van der Waals surface area (Å²) in [6, 6.07) is 77.5. The van der Waals surface area contributed by atoms with Gasteiger partial charge in [-0.3, -0.25) is 28.7 Å². The first-order valence-corrected chi connectivity index (χ1v) is 35.3. The second-order valence-corrected chi connectivity index (χ2v) is 26.0. The number of nitrogens with zero attached hydrogens (tertiary/aromatic N) is 1. The van der Waals surface area contributed by atoms with Crippen LogP contribution in [-0.2, 0) is 119 Å². The molecule has 3 fully saturated rings. The Balaban J connectivity index is 0.843. The van der Waals surface area contributed by atoms with Crippen molar-refractivity contribution in [1.29, 1.82) is 0 Å². The third-order valence-electron chi connectivity index (χ3n) is 18.5. The van der Waals surface area contributed by atoms with Gasteiger partial charge in [-0.2, -0.15) is 0 Å². The second-order valence-electron chi connectivity index (χ2n) is 26.0. The van der Waals surface area contributed by atoms with Crippen molar-refractivity contribution in [3.8, 4) is 0 Å². The van der Waals surface area contributed by atoms with E-state index in [-0.39, 0.29) is 84.7 Å². The maximum absolute atomic E-state index is 15.7. The fourth-order valence-electron chi connectivity index (χ4n) is 13.3. The van der Waals surface area contributed by atoms with Crippen molar-refractivity contribution >= 4 is 17.7 Å². The Morgan fingerprint density at radius 2 is 0.788 bits per heavy atom. The lowest BCUT2D eigenvalue weighted by Crippen LogP contribution is -2.65. The molecule has 0 unspecified atom stereocenters. The van der Waals surface area contributed by atoms with Gasteiger partial charge in [0.25, 0.3) is 11.5 Å². The van der Waals surface area contributed by atoms with E-state index in [1.165, 1.54) is 23.8 Å². The van der Waals surface area contributed by atoms with Gasteiger partial charge in [-0.1, -0.05) is 243 Å². The Hall–Kier alpha value is -9.59. The largest absolute Gasteiger partial charge is 0.374 e. The highest BCUT2D eigenvalue weighted by Gasteiger charge is 2.53. The molecule has 14 atom stereocenters. The zero-order valence-corrected chi connectivity index (χ0v) is 58.0. The Morgan fingerprint density at radius 1 is 0.404 bits per heavy atom. The summed E-state index contributed by atoms with van der Waals surface area (Å²) in [4.78, 5) is 72.8. The number of benzene rings is 8. The summed E-state index contributed by atoms with van der Waals surface area (Å²) in [5.41, 5.74) is 5.62. The number of carbonyl (C=O) groups is 3. The minimum atomic E-state index is -1.47. The standard InChI is InChI=1S/C83H89N5O16/c1-57(89)86-72-66(102-69(56-94-48-58-26-10-2-11-27-58)75(97-51-61-32-16-5-17-33-61)76(72)98-52-62-34-18-6-19-35-62)42-44-84-71(91)46-67-73(95-49-59-28-12-3-13-29-59)77(99-53-63-36-20-7-21-37-63)78(100-54-64-38-22-8-23-39-64)79(103-67)81(92)85-47-68-74(96-50-60-30-14-4-15-31-60)80(101-55-65-40-24-9-25-41-65)82(104-68)88-45-43-70(90)87-83(88)93/h2-41,43,45,66-69,72-80,82H,42,44,46-56H2,1H3,(H,84,91)(H,85,92)(H,86,89)(H,87,90,93)/t66-,67+,68-,69-,72+,73+,74-,75-,76-,77-,78+,79+,80-,82-/m1/s1. The third-order valence-corrected chi connectivity index (χ3v) is 18.5. The minimum Gasteiger partial charge on any atom is -0.374 e. The number of ether oxygens (including phenoxy) is 11. The molecule has 1 aromatic heterocycles. The number of aromatic amines is 1. The van der Waals surface area contributed by atoms with E-state index < -0.39 is 109 Å². The van der Waals surface area contributed by atoms with Crippen LogP contribution < -0.4 is 27.2 Å². The number of amides is 3. The predicted molar refractivity (Wildman–Crippen MR) is 387 cm³/mol. The molecule has 0 radical (unpaired) electrons. The predicted octanol–water partition coefficient (Wildman–Crippen LogP) is 9.80. The van der Waals surface area contributed by atoms with Gasteiger partial charge in [0.05, 0.1) is 84.1 Å². The Morgan fingerprint density at radius 3 is 1.22 bits per heavy atom. The summed E-state index contributed by atoms with van der Waals surface area (Å²) in [5.74, 6) is -1.41. The van der Waals surface area contributed by atoms with Gasteiger partial charge in [0.1, 0.15) is 54.9 Å². The van der Waals surface area contributed by atoms with Crippen LogP contribution in [0.3, 0.4) is 0 Å². The van der Waals surface area contributed by atoms with Gasteiger partial charge in [-0.25, -0.2) is 4.79 Å². The molecule has 3 aliphatic rings. The van der Waals surface area contributed by atoms with Crippen LogP contribution in [0.25, 0.3) is 0 Å². The molecule has 3 amide bonds. The van der Waals surface area contributed by atoms with Crippen molar-refractivity contribution in [3.05, 3.63) is 320 Å². The summed E-state index contributed by atoms with van der Waals surface area (Å²) in [5, 5.41) is 9.41. The molecule has 4 heterocycles. The second kappa shape index (κ2) is 38.3. The summed E-state index contributed by atoms with van der Waals surface area (Å²) >= 11 is 0. The Bertz CT molecular complexity index is 4170. The molecular formula is C83H89N5O16. The van der Waals surface area contributed by atoms with Crippen molar-refractivity contribution < 1.29 is 66.5 Å². The van der Waals surface area contributed by atoms with E-state index in [2.05, 4.69) is 20.9 Å². The number of hydrogen-bond donors (Lipinski definition) is 4. The summed E-state index contributed by atoms with van der Waals surface area (Å²) in [7, 11) is 0. The van der Waals surface area contributed by atoms with Crippen molar-refractivity contribution in [2.75, 3.05) is 19.7 Å². The normalized spacial score (nSPS) is 23.7. The summed E-state index contributed by atoms with van der Waals surface area (Å²) < 4.78 is 76.6. The highest BCUT2D eigenvalue weighted by molar-refractivity contribution is 5.82. The fourth-order valence-corrected chi connectivity index (χ4v) is 13.3. The van der Waals surface area contributed by atoms with E-state index in [9.17, 15) is 14.4 Å². The summed E-state index contributed by atoms with van der Waals surface area (Å²) in [6.45, 7) is 2.47. The topological polar surface area (TPSA) is 244 Å². The van der Waals surface area contributed by atoms with Gasteiger partial charge in [0, 0.05) is 32.3 Å². The highest BCUT2D eigenvalue weighted by Crippen LogP contribution is 2.37. The first-order valence-electron chi connectivity index (χ1n) is 35.3. The van der Waals surface area contributed by atoms with Gasteiger partial charge in [0.15, 0.2) is 12.3 Å². The first kappa shape index (κ1) is 74.1. The van der Waals surface area contributed by atoms with Crippen LogP contribution in [0.15, 0.2) is 265 Å². The van der Waals surface area contributed by atoms with E-state index in [1.807, 2.05) is 243 Å². The smallest absolute Gasteiger partial charge is 0.330 e. The molecule has 104 heavy (non-hydrogen) atoms. The van der Waals surface area contributed by atoms with Crippen LogP contribution in [0.4, 0.5) is 0 Å². The fraction of sp³-hybridized carbons (Fsp3) is 0.337. The maximum atomic E-state index is 15.7. The van der Waals surface area contributed by atoms with Crippen LogP contribution in [-0.4, -0.2) is 126 Å². The quantitative estimate of drug-likeness (QED) is 0.0289. The molecule has 21 nitrogen and oxygen atoms in total. The average molecular weight is 1410 g/mol. The molecule has 0 saturated carbocycles. The Kier molecular flexibility index (Phi) is 27.3. The van der Waals surface area contributed by atoms with E-state index in [4.69, 9.17) is 52.1 Å². The van der Waals surface area contributed by atoms with E-state index in [0.717, 1.165) is 44.5 Å². The first-order chi connectivity index (χ1) is 51.0. The molecule has 9 aromatic rings. The van der Waals surface area contributed by atoms with Crippen LogP contribution >= 0.6 is 0 Å². The van der Waals surface area contributed by atoms with Crippen molar-refractivity contribution in [2.45, 2.75) is 158 Å². The molecule has 4 N–H and O–H groups in total. The lowest BCUT2D eigenvalue weighted by Gasteiger charge is -2.47. The van der Waals surface area contributed by atoms with Crippen LogP contribution in [0.1, 0.15) is 70.5 Å². The Labute approximate surface area is 605 Å². The van der Waals surface area contributed by atoms with E-state index in [0.29, 0.717) is 6.61 Å². The molecule has 8 aromatic carbocycles. The van der Waals surface area contributed by atoms with Crippen LogP contribution in [0, 0.1) is 0 Å². The lowest BCUT2D eigenvalue weighted by atomic mass is 9.90. The van der Waals surface area contributed by atoms with Crippen molar-refractivity contribution in [3.63, 3.8) is 0 Å². The summed E-state index contributed by atoms with van der Waals surface area (Å²) in [6.07, 6.45) is -11.7. The van der Waals surface area contributed by atoms with Gasteiger partial charge in [-0.05, 0) is 50.9 Å². The number of carbonyl (C=O) groups excluding carboxylic acids is 3. The van der Waals surface area contributed by atoms with Crippen LogP contribution in [0.5, 0.6) is 0 Å². The monoisotopic (exact) mass is 1410 g/mol. The number of H-pyrrole nitrogens is 1. The van der Waals surface area contributed by atoms with Crippen molar-refractivity contribution in [2.24, 2.45) is 0 Å². The van der Waals surface area contributed by atoms with Gasteiger partial charge in [0.2, 0.25) is 11.8 Å². The number of rotatable bonds is 35. The number of hydrogen-bond acceptors (Lipinski definition) is 16. The van der Waals surface area contributed by atoms with Gasteiger partial charge in [-0.15, -0.1) is 0 Å². The van der Waals surface area contributed by atoms with Crippen LogP contribution in [0.2, 0.25) is 0 Å². The minimum absolute atomic E-state index is 0.0261. The third kappa shape index (κ3) is 21.1. The SMILES string of the molecule is CC(=O)N[C@@H]1[C@@H](OCc2ccccc2)[C@H](OCc2ccccc2)[C@@H](COCc2ccccc2)O[C@@H]1CCNC(=O)C[C@@H]1O[C@H](C(=O)NC[C@H]2O[C@@H](n3ccc(=O)[nH]c3=O)[C@H](OCc3ccccc3)[C@@H]2OCc2ccccc2)[C@@H](OCc2ccccc2)[C@H](OCc2ccccc2)[C@H]1OCc1ccccc1. The molecule has 3 saturated heterocycles. The molecule has 12 rings (SSSR count). The number of aromatic nitrogens is 2. The molecule has 3 aliphatic heterocycles. The molecule has 542 valence electrons. The molecule has 0 aliphatic carbocycles. The zero-order valence-electron chi connectivity index (χ0n) is 58.0. The van der Waals surface area contributed by atoms with E-state index in [1.54, 1.807) is 0 Å². The molecule has 0 bridgehead atoms. The lowest BCUT2D eigenvalue weighted by molar-refractivity contribution is -0.260. The highest BCUT2D eigenvalue weighted by atomic mass is 16.6. The van der Waals surface area contributed by atoms with Gasteiger partial charge >= 0.3 is 5.69 Å². The zero-order chi connectivity index (χ0) is 71.7. The average Bonchev–Trinajstić information content (AvgIpc) is 1.44. The van der Waals surface area contributed by atoms with Gasteiger partial charge < -0.3 is 68.1 Å². The molecule has 0 spiro atoms. The molecular weight excluding hydrogens is 1320 g/mol.